The van der Waals surface area contributed by atoms with Gasteiger partial charge in [0.15, 0.2) is 0 Å². The van der Waals surface area contributed by atoms with Gasteiger partial charge in [0.25, 0.3) is 0 Å². The van der Waals surface area contributed by atoms with E-state index in [1.54, 1.807) is 0 Å². The zero-order valence-corrected chi connectivity index (χ0v) is 16.4. The van der Waals surface area contributed by atoms with Gasteiger partial charge in [-0.2, -0.15) is 0 Å². The van der Waals surface area contributed by atoms with Gasteiger partial charge in [0, 0.05) is 0 Å². The quantitative estimate of drug-likeness (QED) is 0.261. The summed E-state index contributed by atoms with van der Waals surface area (Å²) >= 11 is 0. The highest BCUT2D eigenvalue weighted by molar-refractivity contribution is 4.81. The zero-order valence-electron chi connectivity index (χ0n) is 16.4. The zero-order chi connectivity index (χ0) is 17.2. The fraction of sp³-hybridized carbons (Fsp3) is 0.818. The summed E-state index contributed by atoms with van der Waals surface area (Å²) in [6, 6.07) is 0. The molecule has 0 fully saturated rings. The normalized spacial score (nSPS) is 14.6. The van der Waals surface area contributed by atoms with Crippen LogP contribution in [0.3, 0.4) is 0 Å². The van der Waals surface area contributed by atoms with Crippen LogP contribution in [0, 0.1) is 11.8 Å². The van der Waals surface area contributed by atoms with E-state index < -0.39 is 0 Å². The molecule has 0 saturated heterocycles. The van der Waals surface area contributed by atoms with E-state index >= 15 is 0 Å². The molecule has 0 aromatic heterocycles. The standard InChI is InChI=1S/C22H42O/c1-5-9-15-21(7-3)17-11-13-19-23-20-14-12-18-22(8-4)16-10-6-2/h13-14,19-22H,5-12,15-18H2,1-4H3. The summed E-state index contributed by atoms with van der Waals surface area (Å²) in [6.45, 7) is 9.18. The van der Waals surface area contributed by atoms with E-state index in [-0.39, 0.29) is 0 Å². The van der Waals surface area contributed by atoms with Gasteiger partial charge < -0.3 is 4.74 Å². The molecule has 0 rings (SSSR count). The van der Waals surface area contributed by atoms with Gasteiger partial charge in [-0.05, 0) is 49.7 Å². The predicted molar refractivity (Wildman–Crippen MR) is 104 cm³/mol. The lowest BCUT2D eigenvalue weighted by atomic mass is 9.94. The van der Waals surface area contributed by atoms with Crippen molar-refractivity contribution in [2.45, 2.75) is 105 Å². The molecule has 136 valence electrons. The summed E-state index contributed by atoms with van der Waals surface area (Å²) in [5, 5.41) is 0. The Labute approximate surface area is 146 Å². The first kappa shape index (κ1) is 22.3. The molecule has 0 aliphatic carbocycles. The van der Waals surface area contributed by atoms with E-state index in [0.717, 1.165) is 24.7 Å². The molecule has 23 heavy (non-hydrogen) atoms. The average molecular weight is 323 g/mol. The summed E-state index contributed by atoms with van der Waals surface area (Å²) in [4.78, 5) is 0. The molecular formula is C22H42O. The summed E-state index contributed by atoms with van der Waals surface area (Å²) in [5.41, 5.74) is 0. The fourth-order valence-corrected chi connectivity index (χ4v) is 3.05. The molecule has 1 heteroatoms. The minimum Gasteiger partial charge on any atom is -0.473 e. The van der Waals surface area contributed by atoms with Crippen molar-refractivity contribution in [3.05, 3.63) is 24.7 Å². The van der Waals surface area contributed by atoms with Gasteiger partial charge in [0.05, 0.1) is 12.5 Å². The van der Waals surface area contributed by atoms with Crippen LogP contribution in [-0.4, -0.2) is 0 Å². The number of rotatable bonds is 16. The molecule has 0 radical (unpaired) electrons. The number of hydrogen-bond acceptors (Lipinski definition) is 1. The Kier molecular flexibility index (Phi) is 17.1. The molecule has 0 heterocycles. The number of ether oxygens (including phenoxy) is 1. The van der Waals surface area contributed by atoms with E-state index in [1.165, 1.54) is 64.2 Å². The highest BCUT2D eigenvalue weighted by Gasteiger charge is 2.04. The molecule has 0 aromatic carbocycles. The van der Waals surface area contributed by atoms with Crippen LogP contribution in [0.25, 0.3) is 0 Å². The monoisotopic (exact) mass is 322 g/mol. The van der Waals surface area contributed by atoms with Gasteiger partial charge in [0.1, 0.15) is 0 Å². The molecule has 0 aliphatic rings. The molecule has 0 amide bonds. The van der Waals surface area contributed by atoms with E-state index in [2.05, 4.69) is 39.8 Å². The Morgan fingerprint density at radius 2 is 1.09 bits per heavy atom. The van der Waals surface area contributed by atoms with Crippen LogP contribution in [0.4, 0.5) is 0 Å². The van der Waals surface area contributed by atoms with E-state index in [4.69, 9.17) is 4.74 Å². The Morgan fingerprint density at radius 1 is 0.652 bits per heavy atom. The summed E-state index contributed by atoms with van der Waals surface area (Å²) < 4.78 is 5.47. The summed E-state index contributed by atoms with van der Waals surface area (Å²) in [7, 11) is 0. The Bertz CT molecular complexity index is 252. The third-order valence-corrected chi connectivity index (χ3v) is 4.92. The van der Waals surface area contributed by atoms with Crippen molar-refractivity contribution < 1.29 is 4.74 Å². The maximum Gasteiger partial charge on any atom is 0.0861 e. The summed E-state index contributed by atoms with van der Waals surface area (Å²) in [6.07, 6.45) is 23.7. The largest absolute Gasteiger partial charge is 0.473 e. The van der Waals surface area contributed by atoms with Crippen molar-refractivity contribution in [2.75, 3.05) is 0 Å². The first-order chi connectivity index (χ1) is 11.3. The van der Waals surface area contributed by atoms with Crippen molar-refractivity contribution in [3.63, 3.8) is 0 Å². The predicted octanol–water partition coefficient (Wildman–Crippen LogP) is 8.02. The van der Waals surface area contributed by atoms with Crippen molar-refractivity contribution >= 4 is 0 Å². The van der Waals surface area contributed by atoms with E-state index in [9.17, 15) is 0 Å². The average Bonchev–Trinajstić information content (AvgIpc) is 2.58. The molecule has 0 aromatic rings. The van der Waals surface area contributed by atoms with Gasteiger partial charge in [0.2, 0.25) is 0 Å². The number of hydrogen-bond donors (Lipinski definition) is 0. The molecule has 0 aliphatic heterocycles. The Hall–Kier alpha value is -0.720. The molecule has 1 nitrogen and oxygen atoms in total. The molecule has 2 atom stereocenters. The van der Waals surface area contributed by atoms with Crippen LogP contribution in [-0.2, 0) is 4.74 Å². The van der Waals surface area contributed by atoms with Gasteiger partial charge in [-0.25, -0.2) is 0 Å². The smallest absolute Gasteiger partial charge is 0.0861 e. The second kappa shape index (κ2) is 17.6. The molecule has 0 bridgehead atoms. The second-order valence-corrected chi connectivity index (χ2v) is 6.87. The first-order valence-electron chi connectivity index (χ1n) is 10.2. The van der Waals surface area contributed by atoms with Crippen LogP contribution in [0.2, 0.25) is 0 Å². The van der Waals surface area contributed by atoms with Gasteiger partial charge in [-0.3, -0.25) is 0 Å². The van der Waals surface area contributed by atoms with E-state index in [1.807, 2.05) is 12.5 Å². The fourth-order valence-electron chi connectivity index (χ4n) is 3.05. The lowest BCUT2D eigenvalue weighted by Crippen LogP contribution is -1.97. The minimum absolute atomic E-state index is 0.893. The lowest BCUT2D eigenvalue weighted by molar-refractivity contribution is 0.388. The second-order valence-electron chi connectivity index (χ2n) is 6.87. The highest BCUT2D eigenvalue weighted by Crippen LogP contribution is 2.19. The van der Waals surface area contributed by atoms with Crippen molar-refractivity contribution in [2.24, 2.45) is 11.8 Å². The maximum atomic E-state index is 5.47. The molecule has 0 saturated carbocycles. The van der Waals surface area contributed by atoms with Gasteiger partial charge >= 0.3 is 0 Å². The highest BCUT2D eigenvalue weighted by atomic mass is 16.5. The Morgan fingerprint density at radius 3 is 1.43 bits per heavy atom. The van der Waals surface area contributed by atoms with Crippen LogP contribution in [0.1, 0.15) is 105 Å². The maximum absolute atomic E-state index is 5.47. The third-order valence-electron chi connectivity index (χ3n) is 4.92. The van der Waals surface area contributed by atoms with Gasteiger partial charge in [-0.1, -0.05) is 79.1 Å². The van der Waals surface area contributed by atoms with Crippen molar-refractivity contribution in [3.8, 4) is 0 Å². The SMILES string of the molecule is CCCCC(CC)CCC=COC=CCCC(CC)CCCC. The van der Waals surface area contributed by atoms with Crippen LogP contribution < -0.4 is 0 Å². The minimum atomic E-state index is 0.893. The first-order valence-corrected chi connectivity index (χ1v) is 10.2. The molecular weight excluding hydrogens is 280 g/mol. The number of allylic oxidation sites excluding steroid dienone is 2. The van der Waals surface area contributed by atoms with Crippen LogP contribution in [0.5, 0.6) is 0 Å². The summed E-state index contributed by atoms with van der Waals surface area (Å²) in [5.74, 6) is 1.79. The number of unbranched alkanes of at least 4 members (excludes halogenated alkanes) is 2. The Balaban J connectivity index is 3.64. The van der Waals surface area contributed by atoms with Crippen LogP contribution >= 0.6 is 0 Å². The molecule has 0 spiro atoms. The molecule has 2 unspecified atom stereocenters. The van der Waals surface area contributed by atoms with Crippen molar-refractivity contribution in [1.82, 2.24) is 0 Å². The lowest BCUT2D eigenvalue weighted by Gasteiger charge is -2.12. The topological polar surface area (TPSA) is 9.23 Å². The van der Waals surface area contributed by atoms with Crippen molar-refractivity contribution in [1.29, 1.82) is 0 Å². The third kappa shape index (κ3) is 14.6. The van der Waals surface area contributed by atoms with Gasteiger partial charge in [-0.15, -0.1) is 0 Å². The van der Waals surface area contributed by atoms with E-state index in [0.29, 0.717) is 0 Å². The molecule has 0 N–H and O–H groups in total. The van der Waals surface area contributed by atoms with Crippen LogP contribution in [0.15, 0.2) is 24.7 Å².